The Balaban J connectivity index is 1.39. The predicted octanol–water partition coefficient (Wildman–Crippen LogP) is 1.58. The molecule has 0 aliphatic carbocycles. The van der Waals surface area contributed by atoms with E-state index >= 15 is 0 Å². The minimum atomic E-state index is -0.573. The summed E-state index contributed by atoms with van der Waals surface area (Å²) in [5.41, 5.74) is 0.353. The highest BCUT2D eigenvalue weighted by molar-refractivity contribution is 7.97. The summed E-state index contributed by atoms with van der Waals surface area (Å²) in [6.45, 7) is 0.155. The third-order valence-corrected chi connectivity index (χ3v) is 5.88. The molecule has 0 bridgehead atoms. The molecule has 0 atom stereocenters. The Labute approximate surface area is 184 Å². The minimum Gasteiger partial charge on any atom is -0.310 e. The van der Waals surface area contributed by atoms with Crippen molar-refractivity contribution in [2.24, 2.45) is 0 Å². The monoisotopic (exact) mass is 456 g/mol. The first-order valence-corrected chi connectivity index (χ1v) is 11.4. The van der Waals surface area contributed by atoms with E-state index in [0.717, 1.165) is 17.4 Å². The average Bonchev–Trinajstić information content (AvgIpc) is 3.29. The number of thioether (sulfide) groups is 1. The van der Waals surface area contributed by atoms with E-state index in [9.17, 15) is 19.2 Å². The molecule has 0 saturated carbocycles. The van der Waals surface area contributed by atoms with E-state index in [0.29, 0.717) is 34.1 Å². The molecule has 0 radical (unpaired) electrons. The summed E-state index contributed by atoms with van der Waals surface area (Å²) in [6, 6.07) is 7.80. The molecule has 3 amide bonds. The van der Waals surface area contributed by atoms with E-state index in [4.69, 9.17) is 0 Å². The molecule has 0 saturated heterocycles. The van der Waals surface area contributed by atoms with E-state index in [-0.39, 0.29) is 29.2 Å². The second-order valence-electron chi connectivity index (χ2n) is 6.52. The fraction of sp³-hybridized carbons (Fsp3) is 0.211. The molecule has 1 aliphatic rings. The summed E-state index contributed by atoms with van der Waals surface area (Å²) >= 11 is 2.59. The van der Waals surface area contributed by atoms with Gasteiger partial charge in [-0.25, -0.2) is 4.98 Å². The third kappa shape index (κ3) is 4.39. The summed E-state index contributed by atoms with van der Waals surface area (Å²) < 4.78 is 0. The van der Waals surface area contributed by atoms with Crippen LogP contribution in [0.4, 0.5) is 5.13 Å². The van der Waals surface area contributed by atoms with Crippen LogP contribution in [0.25, 0.3) is 0 Å². The maximum atomic E-state index is 12.4. The van der Waals surface area contributed by atoms with Crippen LogP contribution in [0.15, 0.2) is 35.1 Å². The molecule has 12 heteroatoms. The van der Waals surface area contributed by atoms with E-state index < -0.39 is 11.5 Å². The summed E-state index contributed by atoms with van der Waals surface area (Å²) in [7, 11) is 0. The molecule has 0 fully saturated rings. The van der Waals surface area contributed by atoms with Gasteiger partial charge in [-0.05, 0) is 18.4 Å². The van der Waals surface area contributed by atoms with Crippen molar-refractivity contribution in [3.05, 3.63) is 68.3 Å². The van der Waals surface area contributed by atoms with Gasteiger partial charge in [0.15, 0.2) is 0 Å². The number of carbonyl (C=O) groups is 3. The maximum absolute atomic E-state index is 12.4. The molecular formula is C19H16N6O4S2. The zero-order valence-corrected chi connectivity index (χ0v) is 17.9. The second kappa shape index (κ2) is 8.78. The minimum absolute atomic E-state index is 0.0180. The Morgan fingerprint density at radius 1 is 1.16 bits per heavy atom. The molecule has 0 spiro atoms. The number of nitrogens with zero attached hydrogens (tertiary/aromatic N) is 4. The van der Waals surface area contributed by atoms with Gasteiger partial charge in [0.05, 0.1) is 16.9 Å². The van der Waals surface area contributed by atoms with Crippen LogP contribution in [-0.2, 0) is 12.2 Å². The number of carbonyl (C=O) groups excluding carboxylic acids is 3. The lowest BCUT2D eigenvalue weighted by molar-refractivity contribution is 0.0655. The molecule has 1 aliphatic heterocycles. The number of imide groups is 1. The number of H-pyrrole nitrogens is 1. The van der Waals surface area contributed by atoms with Gasteiger partial charge in [0.2, 0.25) is 5.13 Å². The molecule has 10 nitrogen and oxygen atoms in total. The quantitative estimate of drug-likeness (QED) is 0.511. The van der Waals surface area contributed by atoms with Crippen molar-refractivity contribution in [3.63, 3.8) is 0 Å². The third-order valence-electron chi connectivity index (χ3n) is 4.42. The normalized spacial score (nSPS) is 12.9. The van der Waals surface area contributed by atoms with Crippen molar-refractivity contribution in [1.29, 1.82) is 0 Å². The maximum Gasteiger partial charge on any atom is 0.276 e. The van der Waals surface area contributed by atoms with Crippen LogP contribution in [-0.4, -0.2) is 55.6 Å². The number of benzene rings is 1. The lowest BCUT2D eigenvalue weighted by Gasteiger charge is -2.12. The van der Waals surface area contributed by atoms with E-state index in [2.05, 4.69) is 25.5 Å². The van der Waals surface area contributed by atoms with Crippen molar-refractivity contribution in [3.8, 4) is 0 Å². The molecule has 2 aromatic heterocycles. The van der Waals surface area contributed by atoms with Gasteiger partial charge in [-0.15, -0.1) is 10.2 Å². The van der Waals surface area contributed by atoms with Crippen LogP contribution < -0.4 is 10.9 Å². The fourth-order valence-corrected chi connectivity index (χ4v) is 4.18. The molecule has 31 heavy (non-hydrogen) atoms. The average molecular weight is 457 g/mol. The Bertz CT molecular complexity index is 1200. The van der Waals surface area contributed by atoms with Crippen LogP contribution >= 0.6 is 23.1 Å². The molecule has 4 rings (SSSR count). The van der Waals surface area contributed by atoms with Crippen molar-refractivity contribution < 1.29 is 14.4 Å². The zero-order chi connectivity index (χ0) is 22.0. The van der Waals surface area contributed by atoms with Gasteiger partial charge in [0.25, 0.3) is 23.3 Å². The highest BCUT2D eigenvalue weighted by Gasteiger charge is 2.34. The highest BCUT2D eigenvalue weighted by Crippen LogP contribution is 2.23. The van der Waals surface area contributed by atoms with Crippen LogP contribution in [0.2, 0.25) is 0 Å². The first-order valence-electron chi connectivity index (χ1n) is 9.14. The Morgan fingerprint density at radius 2 is 1.87 bits per heavy atom. The lowest BCUT2D eigenvalue weighted by atomic mass is 10.1. The largest absolute Gasteiger partial charge is 0.310 e. The molecular weight excluding hydrogens is 440 g/mol. The first kappa shape index (κ1) is 20.9. The number of hydrogen-bond donors (Lipinski definition) is 2. The first-order chi connectivity index (χ1) is 15.0. The fourth-order valence-electron chi connectivity index (χ4n) is 3.05. The Hall–Kier alpha value is -3.38. The van der Waals surface area contributed by atoms with Gasteiger partial charge in [-0.2, -0.15) is 11.8 Å². The van der Waals surface area contributed by atoms with Crippen LogP contribution in [0.3, 0.4) is 0 Å². The van der Waals surface area contributed by atoms with Crippen LogP contribution in [0.5, 0.6) is 0 Å². The number of anilines is 1. The van der Waals surface area contributed by atoms with E-state index in [1.54, 1.807) is 24.3 Å². The number of fused-ring (bicyclic) bond motifs is 1. The number of aromatic amines is 1. The molecule has 0 unspecified atom stereocenters. The molecule has 3 heterocycles. The zero-order valence-electron chi connectivity index (χ0n) is 16.2. The standard InChI is InChI=1S/C19H16N6O4S2/c1-30-9-13-20-12(8-14(26)21-13)16(27)22-19-24-23-15(31-19)6-7-25-17(28)10-4-2-3-5-11(10)18(25)29/h2-5,8H,6-7,9H2,1H3,(H,20,21,26)(H,22,24,27). The number of hydrogen-bond acceptors (Lipinski definition) is 9. The molecule has 3 aromatic rings. The van der Waals surface area contributed by atoms with Gasteiger partial charge in [-0.1, -0.05) is 23.5 Å². The smallest absolute Gasteiger partial charge is 0.276 e. The van der Waals surface area contributed by atoms with E-state index in [1.165, 1.54) is 16.7 Å². The van der Waals surface area contributed by atoms with Gasteiger partial charge in [-0.3, -0.25) is 29.4 Å². The van der Waals surface area contributed by atoms with Gasteiger partial charge in [0.1, 0.15) is 16.5 Å². The predicted molar refractivity (Wildman–Crippen MR) is 115 cm³/mol. The number of aromatic nitrogens is 4. The summed E-state index contributed by atoms with van der Waals surface area (Å²) in [4.78, 5) is 56.9. The van der Waals surface area contributed by atoms with Crippen molar-refractivity contribution in [2.75, 3.05) is 18.1 Å². The summed E-state index contributed by atoms with van der Waals surface area (Å²) in [5, 5.41) is 11.3. The van der Waals surface area contributed by atoms with Crippen molar-refractivity contribution >= 4 is 46.0 Å². The van der Waals surface area contributed by atoms with Crippen molar-refractivity contribution in [1.82, 2.24) is 25.1 Å². The van der Waals surface area contributed by atoms with Gasteiger partial charge < -0.3 is 4.98 Å². The molecule has 2 N–H and O–H groups in total. The highest BCUT2D eigenvalue weighted by atomic mass is 32.2. The number of rotatable bonds is 7. The van der Waals surface area contributed by atoms with E-state index in [1.807, 2.05) is 6.26 Å². The van der Waals surface area contributed by atoms with Gasteiger partial charge >= 0.3 is 0 Å². The topological polar surface area (TPSA) is 138 Å². The number of nitrogens with one attached hydrogen (secondary N) is 2. The van der Waals surface area contributed by atoms with Crippen LogP contribution in [0, 0.1) is 0 Å². The summed E-state index contributed by atoms with van der Waals surface area (Å²) in [6.07, 6.45) is 2.16. The van der Waals surface area contributed by atoms with Gasteiger partial charge in [0, 0.05) is 19.0 Å². The second-order valence-corrected chi connectivity index (χ2v) is 8.45. The summed E-state index contributed by atoms with van der Waals surface area (Å²) in [5.74, 6) is -0.363. The van der Waals surface area contributed by atoms with Crippen LogP contribution in [0.1, 0.15) is 42.0 Å². The lowest BCUT2D eigenvalue weighted by Crippen LogP contribution is -2.31. The molecule has 158 valence electrons. The van der Waals surface area contributed by atoms with Crippen molar-refractivity contribution in [2.45, 2.75) is 12.2 Å². The molecule has 1 aromatic carbocycles. The Kier molecular flexibility index (Phi) is 5.91. The number of amides is 3. The SMILES string of the molecule is CSCc1nc(C(=O)Nc2nnc(CCN3C(=O)c4ccccc4C3=O)s2)cc(=O)[nH]1. The Morgan fingerprint density at radius 3 is 2.55 bits per heavy atom.